The van der Waals surface area contributed by atoms with E-state index in [1.165, 1.54) is 18.2 Å². The van der Waals surface area contributed by atoms with E-state index in [1.54, 1.807) is 36.3 Å². The fourth-order valence-corrected chi connectivity index (χ4v) is 3.25. The van der Waals surface area contributed by atoms with Crippen LogP contribution in [0.1, 0.15) is 17.1 Å². The van der Waals surface area contributed by atoms with Gasteiger partial charge in [0.05, 0.1) is 28.4 Å². The van der Waals surface area contributed by atoms with E-state index in [2.05, 4.69) is 15.0 Å². The van der Waals surface area contributed by atoms with Gasteiger partial charge in [-0.1, -0.05) is 23.7 Å². The Hall–Kier alpha value is -3.20. The van der Waals surface area contributed by atoms with E-state index >= 15 is 0 Å². The molecule has 0 atom stereocenters. The number of nitrogens with zero attached hydrogens (tertiary/aromatic N) is 5. The minimum Gasteiger partial charge on any atom is -0.340 e. The molecule has 3 aromatic heterocycles. The first-order valence-corrected chi connectivity index (χ1v) is 8.83. The lowest BCUT2D eigenvalue weighted by Gasteiger charge is -2.14. The van der Waals surface area contributed by atoms with Gasteiger partial charge in [0.2, 0.25) is 0 Å². The predicted octanol–water partition coefficient (Wildman–Crippen LogP) is 3.78. The van der Waals surface area contributed by atoms with Gasteiger partial charge in [0, 0.05) is 25.1 Å². The van der Waals surface area contributed by atoms with Crippen molar-refractivity contribution in [3.8, 4) is 5.69 Å². The Labute approximate surface area is 167 Å². The highest BCUT2D eigenvalue weighted by atomic mass is 35.5. The number of rotatable bonds is 3. The van der Waals surface area contributed by atoms with Crippen molar-refractivity contribution in [2.45, 2.75) is 12.6 Å². The van der Waals surface area contributed by atoms with E-state index in [1.807, 2.05) is 0 Å². The lowest BCUT2D eigenvalue weighted by Crippen LogP contribution is -2.25. The average Bonchev–Trinajstić information content (AvgIpc) is 3.06. The van der Waals surface area contributed by atoms with E-state index in [9.17, 15) is 18.0 Å². The van der Waals surface area contributed by atoms with Gasteiger partial charge < -0.3 is 4.57 Å². The number of para-hydroxylation sites is 1. The van der Waals surface area contributed by atoms with Gasteiger partial charge in [0.25, 0.3) is 0 Å². The number of pyridine rings is 1. The Bertz CT molecular complexity index is 1280. The molecule has 4 aromatic rings. The number of halogens is 4. The van der Waals surface area contributed by atoms with Gasteiger partial charge in [-0.15, -0.1) is 0 Å². The summed E-state index contributed by atoms with van der Waals surface area (Å²) in [6, 6.07) is 8.46. The summed E-state index contributed by atoms with van der Waals surface area (Å²) in [5, 5.41) is 0.498. The fourth-order valence-electron chi connectivity index (χ4n) is 3.03. The Kier molecular flexibility index (Phi) is 4.62. The molecule has 0 aliphatic heterocycles. The second-order valence-corrected chi connectivity index (χ2v) is 6.81. The van der Waals surface area contributed by atoms with Crippen molar-refractivity contribution in [2.75, 3.05) is 0 Å². The molecule has 10 heteroatoms. The van der Waals surface area contributed by atoms with Crippen LogP contribution in [-0.2, 0) is 19.6 Å². The van der Waals surface area contributed by atoms with Crippen LogP contribution in [-0.4, -0.2) is 24.1 Å². The molecule has 0 saturated carbocycles. The van der Waals surface area contributed by atoms with E-state index < -0.39 is 17.6 Å². The number of aromatic nitrogens is 5. The molecule has 0 saturated heterocycles. The molecule has 148 valence electrons. The van der Waals surface area contributed by atoms with Gasteiger partial charge >= 0.3 is 11.9 Å². The second-order valence-electron chi connectivity index (χ2n) is 6.40. The van der Waals surface area contributed by atoms with Crippen LogP contribution >= 0.6 is 11.6 Å². The first-order valence-electron chi connectivity index (χ1n) is 8.45. The van der Waals surface area contributed by atoms with Crippen LogP contribution in [0.15, 0.2) is 53.7 Å². The number of hydrogen-bond acceptors (Lipinski definition) is 4. The Morgan fingerprint density at radius 1 is 1.10 bits per heavy atom. The van der Waals surface area contributed by atoms with Crippen LogP contribution in [0.4, 0.5) is 13.2 Å². The van der Waals surface area contributed by atoms with E-state index in [0.29, 0.717) is 11.1 Å². The number of imidazole rings is 1. The summed E-state index contributed by atoms with van der Waals surface area (Å²) in [5.74, 6) is 0. The van der Waals surface area contributed by atoms with Gasteiger partial charge in [0.1, 0.15) is 5.69 Å². The van der Waals surface area contributed by atoms with Crippen LogP contribution < -0.4 is 5.69 Å². The third-order valence-electron chi connectivity index (χ3n) is 4.31. The smallest absolute Gasteiger partial charge is 0.340 e. The normalized spacial score (nSPS) is 11.9. The zero-order valence-electron chi connectivity index (χ0n) is 15.0. The largest absolute Gasteiger partial charge is 0.433 e. The summed E-state index contributed by atoms with van der Waals surface area (Å²) in [6.45, 7) is 0. The van der Waals surface area contributed by atoms with Gasteiger partial charge in [-0.3, -0.25) is 0 Å². The molecule has 0 unspecified atom stereocenters. The molecular formula is C19H13ClF3N5O. The molecule has 6 nitrogen and oxygen atoms in total. The van der Waals surface area contributed by atoms with Gasteiger partial charge in [-0.2, -0.15) is 18.2 Å². The lowest BCUT2D eigenvalue weighted by atomic mass is 10.1. The van der Waals surface area contributed by atoms with Crippen molar-refractivity contribution in [3.63, 3.8) is 0 Å². The number of fused-ring (bicyclic) bond motifs is 1. The summed E-state index contributed by atoms with van der Waals surface area (Å²) < 4.78 is 42.5. The molecule has 1 aromatic carbocycles. The van der Waals surface area contributed by atoms with Crippen molar-refractivity contribution in [3.05, 3.63) is 81.5 Å². The molecule has 0 amide bonds. The van der Waals surface area contributed by atoms with Crippen LogP contribution in [0.25, 0.3) is 16.7 Å². The molecule has 0 aliphatic carbocycles. The zero-order chi connectivity index (χ0) is 20.8. The molecule has 3 heterocycles. The van der Waals surface area contributed by atoms with Crippen molar-refractivity contribution < 1.29 is 13.2 Å². The van der Waals surface area contributed by atoms with E-state index in [4.69, 9.17) is 11.6 Å². The maximum Gasteiger partial charge on any atom is 0.433 e. The summed E-state index contributed by atoms with van der Waals surface area (Å²) in [6.07, 6.45) is -1.17. The maximum absolute atomic E-state index is 13.3. The van der Waals surface area contributed by atoms with Crippen molar-refractivity contribution in [1.29, 1.82) is 0 Å². The van der Waals surface area contributed by atoms with Crippen molar-refractivity contribution >= 4 is 22.6 Å². The summed E-state index contributed by atoms with van der Waals surface area (Å²) in [7, 11) is 1.79. The lowest BCUT2D eigenvalue weighted by molar-refractivity contribution is -0.141. The quantitative estimate of drug-likeness (QED) is 0.507. The Morgan fingerprint density at radius 3 is 2.52 bits per heavy atom. The minimum atomic E-state index is -4.67. The first kappa shape index (κ1) is 19.1. The highest BCUT2D eigenvalue weighted by molar-refractivity contribution is 6.32. The third-order valence-corrected chi connectivity index (χ3v) is 4.63. The SMILES string of the molecule is Cn1cnc(Cc2nc(=O)n(-c3ccccc3Cl)c3nc(C(F)(F)F)ccc23)c1. The molecule has 0 spiro atoms. The Balaban J connectivity index is 2.02. The number of alkyl halides is 3. The molecule has 0 bridgehead atoms. The molecule has 0 aliphatic rings. The minimum absolute atomic E-state index is 0.168. The molecule has 0 fully saturated rings. The molecule has 4 rings (SSSR count). The monoisotopic (exact) mass is 419 g/mol. The van der Waals surface area contributed by atoms with Gasteiger partial charge in [0.15, 0.2) is 5.65 Å². The molecule has 29 heavy (non-hydrogen) atoms. The second kappa shape index (κ2) is 7.00. The summed E-state index contributed by atoms with van der Waals surface area (Å²) in [5.41, 5.74) is -0.945. The number of hydrogen-bond donors (Lipinski definition) is 0. The van der Waals surface area contributed by atoms with Gasteiger partial charge in [-0.25, -0.2) is 19.3 Å². The van der Waals surface area contributed by atoms with Crippen LogP contribution in [0, 0.1) is 0 Å². The highest BCUT2D eigenvalue weighted by Gasteiger charge is 2.33. The number of aryl methyl sites for hydroxylation is 1. The molecule has 0 radical (unpaired) electrons. The standard InChI is InChI=1S/C19H13ClF3N5O/c1-27-9-11(24-10-27)8-14-12-6-7-16(19(21,22)23)26-17(12)28(18(29)25-14)15-5-3-2-4-13(15)20/h2-7,9-10H,8H2,1H3. The maximum atomic E-state index is 13.3. The first-order chi connectivity index (χ1) is 13.7. The third kappa shape index (κ3) is 3.61. The molecule has 0 N–H and O–H groups in total. The topological polar surface area (TPSA) is 65.6 Å². The average molecular weight is 420 g/mol. The predicted molar refractivity (Wildman–Crippen MR) is 101 cm³/mol. The van der Waals surface area contributed by atoms with Gasteiger partial charge in [-0.05, 0) is 24.3 Å². The Morgan fingerprint density at radius 2 is 1.86 bits per heavy atom. The van der Waals surface area contributed by atoms with Crippen LogP contribution in [0.2, 0.25) is 5.02 Å². The summed E-state index contributed by atoms with van der Waals surface area (Å²) in [4.78, 5) is 24.8. The zero-order valence-corrected chi connectivity index (χ0v) is 15.7. The fraction of sp³-hybridized carbons (Fsp3) is 0.158. The number of benzene rings is 1. The van der Waals surface area contributed by atoms with Crippen molar-refractivity contribution in [2.24, 2.45) is 7.05 Å². The summed E-state index contributed by atoms with van der Waals surface area (Å²) >= 11 is 6.18. The highest BCUT2D eigenvalue weighted by Crippen LogP contribution is 2.30. The molecular weight excluding hydrogens is 407 g/mol. The van der Waals surface area contributed by atoms with E-state index in [-0.39, 0.29) is 28.5 Å². The van der Waals surface area contributed by atoms with Crippen LogP contribution in [0.5, 0.6) is 0 Å². The van der Waals surface area contributed by atoms with Crippen LogP contribution in [0.3, 0.4) is 0 Å². The van der Waals surface area contributed by atoms with Crippen molar-refractivity contribution in [1.82, 2.24) is 24.1 Å². The van der Waals surface area contributed by atoms with E-state index in [0.717, 1.165) is 10.6 Å².